The Bertz CT molecular complexity index is 161. The zero-order valence-corrected chi connectivity index (χ0v) is 6.27. The molecule has 0 heterocycles. The molecule has 0 unspecified atom stereocenters. The Balaban J connectivity index is 3.67. The van der Waals surface area contributed by atoms with Crippen molar-refractivity contribution in [2.24, 2.45) is 0 Å². The van der Waals surface area contributed by atoms with Crippen LogP contribution in [0.15, 0.2) is 12.2 Å². The number of ether oxygens (including phenoxy) is 1. The molecule has 3 heteroatoms. The van der Waals surface area contributed by atoms with Gasteiger partial charge >= 0.3 is 0 Å². The Kier molecular flexibility index (Phi) is 4.20. The molecule has 0 aliphatic rings. The highest BCUT2D eigenvalue weighted by molar-refractivity contribution is 5.96. The summed E-state index contributed by atoms with van der Waals surface area (Å²) in [6, 6.07) is 0. The molecule has 0 aliphatic carbocycles. The first kappa shape index (κ1) is 8.88. The Morgan fingerprint density at radius 3 is 2.40 bits per heavy atom. The van der Waals surface area contributed by atoms with Crippen LogP contribution in [0, 0.1) is 10.8 Å². The van der Waals surface area contributed by atoms with Crippen LogP contribution in [0.25, 0.3) is 0 Å². The highest BCUT2D eigenvalue weighted by Crippen LogP contribution is 1.82. The molecule has 0 aromatic carbocycles. The van der Waals surface area contributed by atoms with Crippen molar-refractivity contribution in [3.05, 3.63) is 12.2 Å². The molecule has 2 N–H and O–H groups in total. The van der Waals surface area contributed by atoms with Crippen LogP contribution >= 0.6 is 0 Å². The third-order valence-electron chi connectivity index (χ3n) is 0.785. The van der Waals surface area contributed by atoms with Crippen LogP contribution in [-0.2, 0) is 4.74 Å². The molecule has 0 amide bonds. The molecule has 0 aromatic rings. The second kappa shape index (κ2) is 4.73. The summed E-state index contributed by atoms with van der Waals surface area (Å²) in [6.45, 7) is 3.97. The van der Waals surface area contributed by atoms with Gasteiger partial charge in [0.2, 0.25) is 5.90 Å². The molecule has 0 radical (unpaired) electrons. The second-order valence-corrected chi connectivity index (χ2v) is 1.81. The molecule has 0 saturated carbocycles. The van der Waals surface area contributed by atoms with Crippen LogP contribution in [0.2, 0.25) is 0 Å². The first-order valence-corrected chi connectivity index (χ1v) is 3.11. The lowest BCUT2D eigenvalue weighted by atomic mass is 10.4. The van der Waals surface area contributed by atoms with Crippen LogP contribution < -0.4 is 0 Å². The Labute approximate surface area is 60.7 Å². The zero-order valence-electron chi connectivity index (χ0n) is 6.27. The van der Waals surface area contributed by atoms with E-state index in [4.69, 9.17) is 15.6 Å². The van der Waals surface area contributed by atoms with E-state index < -0.39 is 0 Å². The minimum Gasteiger partial charge on any atom is -0.478 e. The fourth-order valence-electron chi connectivity index (χ4n) is 0.404. The van der Waals surface area contributed by atoms with Crippen molar-refractivity contribution in [2.45, 2.75) is 13.8 Å². The van der Waals surface area contributed by atoms with Crippen molar-refractivity contribution >= 4 is 11.6 Å². The van der Waals surface area contributed by atoms with Crippen LogP contribution in [0.1, 0.15) is 13.8 Å². The van der Waals surface area contributed by atoms with E-state index in [2.05, 4.69) is 0 Å². The smallest absolute Gasteiger partial charge is 0.205 e. The van der Waals surface area contributed by atoms with Gasteiger partial charge in [0.05, 0.1) is 6.61 Å². The van der Waals surface area contributed by atoms with Crippen molar-refractivity contribution in [1.29, 1.82) is 10.8 Å². The third kappa shape index (κ3) is 5.03. The van der Waals surface area contributed by atoms with Crippen molar-refractivity contribution in [1.82, 2.24) is 0 Å². The summed E-state index contributed by atoms with van der Waals surface area (Å²) in [5.74, 6) is 0.106. The normalized spacial score (nSPS) is 9.80. The van der Waals surface area contributed by atoms with Gasteiger partial charge in [-0.2, -0.15) is 0 Å². The van der Waals surface area contributed by atoms with E-state index in [0.29, 0.717) is 12.3 Å². The lowest BCUT2D eigenvalue weighted by molar-refractivity contribution is 0.327. The van der Waals surface area contributed by atoms with Crippen molar-refractivity contribution in [2.75, 3.05) is 6.61 Å². The molecule has 0 atom stereocenters. The Hall–Kier alpha value is -1.12. The van der Waals surface area contributed by atoms with E-state index in [9.17, 15) is 0 Å². The monoisotopic (exact) mass is 140 g/mol. The molecule has 0 fully saturated rings. The molecule has 0 rings (SSSR count). The summed E-state index contributed by atoms with van der Waals surface area (Å²) < 4.78 is 4.79. The van der Waals surface area contributed by atoms with Gasteiger partial charge in [-0.1, -0.05) is 0 Å². The van der Waals surface area contributed by atoms with Crippen molar-refractivity contribution in [3.63, 3.8) is 0 Å². The van der Waals surface area contributed by atoms with E-state index in [1.54, 1.807) is 6.92 Å². The summed E-state index contributed by atoms with van der Waals surface area (Å²) in [5, 5.41) is 14.1. The number of hydrogen-bond donors (Lipinski definition) is 2. The molecular formula is C7H12N2O. The maximum atomic E-state index is 7.08. The van der Waals surface area contributed by atoms with Crippen molar-refractivity contribution in [3.8, 4) is 0 Å². The van der Waals surface area contributed by atoms with Crippen LogP contribution in [0.4, 0.5) is 0 Å². The molecule has 3 nitrogen and oxygen atoms in total. The minimum atomic E-state index is 0.106. The average molecular weight is 140 g/mol. The Morgan fingerprint density at radius 2 is 2.00 bits per heavy atom. The first-order valence-electron chi connectivity index (χ1n) is 3.11. The van der Waals surface area contributed by atoms with E-state index in [0.717, 1.165) is 0 Å². The lowest BCUT2D eigenvalue weighted by Gasteiger charge is -1.96. The SMILES string of the molecule is CCOC(=N)/C=C\C(C)=N. The number of hydrogen-bond acceptors (Lipinski definition) is 3. The summed E-state index contributed by atoms with van der Waals surface area (Å²) in [7, 11) is 0. The van der Waals surface area contributed by atoms with Gasteiger partial charge in [0.25, 0.3) is 0 Å². The fraction of sp³-hybridized carbons (Fsp3) is 0.429. The molecule has 0 saturated heterocycles. The minimum absolute atomic E-state index is 0.106. The van der Waals surface area contributed by atoms with E-state index in [1.807, 2.05) is 6.92 Å². The van der Waals surface area contributed by atoms with E-state index in [-0.39, 0.29) is 5.90 Å². The van der Waals surface area contributed by atoms with Crippen LogP contribution in [-0.4, -0.2) is 18.2 Å². The number of rotatable bonds is 3. The predicted molar refractivity (Wildman–Crippen MR) is 41.9 cm³/mol. The lowest BCUT2D eigenvalue weighted by Crippen LogP contribution is -1.98. The van der Waals surface area contributed by atoms with Gasteiger partial charge in [0, 0.05) is 11.8 Å². The predicted octanol–water partition coefficient (Wildman–Crippen LogP) is 1.60. The fourth-order valence-corrected chi connectivity index (χ4v) is 0.404. The van der Waals surface area contributed by atoms with Crippen LogP contribution in [0.3, 0.4) is 0 Å². The first-order chi connectivity index (χ1) is 4.66. The maximum Gasteiger partial charge on any atom is 0.205 e. The van der Waals surface area contributed by atoms with E-state index in [1.165, 1.54) is 12.2 Å². The Morgan fingerprint density at radius 1 is 1.40 bits per heavy atom. The maximum absolute atomic E-state index is 7.08. The largest absolute Gasteiger partial charge is 0.478 e. The quantitative estimate of drug-likeness (QED) is 0.454. The highest BCUT2D eigenvalue weighted by atomic mass is 16.5. The molecule has 0 aliphatic heterocycles. The van der Waals surface area contributed by atoms with Gasteiger partial charge in [-0.15, -0.1) is 0 Å². The number of nitrogens with one attached hydrogen (secondary N) is 2. The van der Waals surface area contributed by atoms with Crippen molar-refractivity contribution < 1.29 is 4.74 Å². The molecule has 10 heavy (non-hydrogen) atoms. The van der Waals surface area contributed by atoms with Gasteiger partial charge in [0.1, 0.15) is 0 Å². The zero-order chi connectivity index (χ0) is 7.98. The number of allylic oxidation sites excluding steroid dienone is 1. The highest BCUT2D eigenvalue weighted by Gasteiger charge is 1.86. The van der Waals surface area contributed by atoms with Gasteiger partial charge in [-0.3, -0.25) is 5.41 Å². The molecule has 0 bridgehead atoms. The van der Waals surface area contributed by atoms with Gasteiger partial charge < -0.3 is 10.1 Å². The molecular weight excluding hydrogens is 128 g/mol. The van der Waals surface area contributed by atoms with Gasteiger partial charge in [-0.25, -0.2) is 0 Å². The van der Waals surface area contributed by atoms with Gasteiger partial charge in [0.15, 0.2) is 0 Å². The summed E-state index contributed by atoms with van der Waals surface area (Å²) in [6.07, 6.45) is 2.99. The summed E-state index contributed by atoms with van der Waals surface area (Å²) in [4.78, 5) is 0. The van der Waals surface area contributed by atoms with E-state index >= 15 is 0 Å². The molecule has 0 spiro atoms. The summed E-state index contributed by atoms with van der Waals surface area (Å²) in [5.41, 5.74) is 0.421. The summed E-state index contributed by atoms with van der Waals surface area (Å²) >= 11 is 0. The second-order valence-electron chi connectivity index (χ2n) is 1.81. The standard InChI is InChI=1S/C7H12N2O/c1-3-10-7(9)5-4-6(2)8/h4-5,8-9H,3H2,1-2H3/b5-4-,8-6?,9-7?. The molecule has 56 valence electrons. The third-order valence-corrected chi connectivity index (χ3v) is 0.785. The van der Waals surface area contributed by atoms with Crippen LogP contribution in [0.5, 0.6) is 0 Å². The van der Waals surface area contributed by atoms with Gasteiger partial charge in [-0.05, 0) is 19.9 Å². The average Bonchev–Trinajstić information content (AvgIpc) is 1.85. The topological polar surface area (TPSA) is 56.9 Å². The molecule has 0 aromatic heterocycles.